The van der Waals surface area contributed by atoms with Gasteiger partial charge < -0.3 is 14.7 Å². The van der Waals surface area contributed by atoms with E-state index in [0.29, 0.717) is 30.4 Å². The number of aromatic nitrogens is 2. The molecule has 2 aromatic carbocycles. The van der Waals surface area contributed by atoms with Gasteiger partial charge in [0, 0.05) is 31.3 Å². The molecule has 7 heteroatoms. The van der Waals surface area contributed by atoms with Gasteiger partial charge in [-0.15, -0.1) is 0 Å². The van der Waals surface area contributed by atoms with E-state index in [0.717, 1.165) is 5.56 Å². The number of carbonyl (C=O) groups excluding carboxylic acids is 1. The Morgan fingerprint density at radius 1 is 1.16 bits per heavy atom. The van der Waals surface area contributed by atoms with Crippen LogP contribution in [0.1, 0.15) is 5.82 Å². The number of nitrogens with one attached hydrogen (secondary N) is 1. The van der Waals surface area contributed by atoms with Gasteiger partial charge in [-0.3, -0.25) is 0 Å². The molecule has 3 rings (SSSR count). The Kier molecular flexibility index (Phi) is 5.03. The lowest BCUT2D eigenvalue weighted by Gasteiger charge is -2.17. The van der Waals surface area contributed by atoms with E-state index in [1.54, 1.807) is 7.05 Å². The van der Waals surface area contributed by atoms with E-state index in [4.69, 9.17) is 4.52 Å². The normalized spacial score (nSPS) is 10.5. The third-order valence-electron chi connectivity index (χ3n) is 3.60. The molecule has 3 aromatic rings. The van der Waals surface area contributed by atoms with Gasteiger partial charge in [-0.05, 0) is 36.4 Å². The maximum atomic E-state index is 12.9. The van der Waals surface area contributed by atoms with Crippen molar-refractivity contribution in [2.75, 3.05) is 18.9 Å². The van der Waals surface area contributed by atoms with Gasteiger partial charge in [0.15, 0.2) is 5.82 Å². The lowest BCUT2D eigenvalue weighted by Crippen LogP contribution is -2.33. The standard InChI is InChI=1S/C18H17FN4O2/c1-23(18(24)20-15-9-7-14(19)8-10-15)12-11-16-21-17(25-22-16)13-5-3-2-4-6-13/h2-10H,11-12H2,1H3,(H,20,24). The van der Waals surface area contributed by atoms with Gasteiger partial charge >= 0.3 is 6.03 Å². The summed E-state index contributed by atoms with van der Waals surface area (Å²) in [6.45, 7) is 0.417. The average molecular weight is 340 g/mol. The second-order valence-electron chi connectivity index (χ2n) is 5.49. The molecule has 0 aliphatic carbocycles. The van der Waals surface area contributed by atoms with Crippen LogP contribution in [0, 0.1) is 5.82 Å². The predicted molar refractivity (Wildman–Crippen MR) is 91.5 cm³/mol. The molecule has 0 atom stereocenters. The number of hydrogen-bond donors (Lipinski definition) is 1. The maximum absolute atomic E-state index is 12.9. The Morgan fingerprint density at radius 3 is 2.60 bits per heavy atom. The van der Waals surface area contributed by atoms with Crippen LogP contribution in [-0.4, -0.2) is 34.7 Å². The molecular formula is C18H17FN4O2. The molecule has 6 nitrogen and oxygen atoms in total. The zero-order valence-corrected chi connectivity index (χ0v) is 13.6. The quantitative estimate of drug-likeness (QED) is 0.770. The summed E-state index contributed by atoms with van der Waals surface area (Å²) >= 11 is 0. The number of anilines is 1. The summed E-state index contributed by atoms with van der Waals surface area (Å²) < 4.78 is 18.1. The van der Waals surface area contributed by atoms with Gasteiger partial charge in [0.05, 0.1) is 0 Å². The van der Waals surface area contributed by atoms with Gasteiger partial charge in [0.1, 0.15) is 5.82 Å². The Balaban J connectivity index is 1.53. The van der Waals surface area contributed by atoms with Crippen molar-refractivity contribution in [2.45, 2.75) is 6.42 Å². The van der Waals surface area contributed by atoms with Gasteiger partial charge in [-0.25, -0.2) is 9.18 Å². The number of urea groups is 1. The average Bonchev–Trinajstić information content (AvgIpc) is 3.11. The summed E-state index contributed by atoms with van der Waals surface area (Å²) in [5.74, 6) is 0.631. The largest absolute Gasteiger partial charge is 0.334 e. The van der Waals surface area contributed by atoms with Crippen molar-refractivity contribution >= 4 is 11.7 Å². The SMILES string of the molecule is CN(CCc1noc(-c2ccccc2)n1)C(=O)Nc1ccc(F)cc1. The van der Waals surface area contributed by atoms with E-state index in [1.165, 1.54) is 29.2 Å². The molecule has 25 heavy (non-hydrogen) atoms. The molecule has 128 valence electrons. The molecule has 0 bridgehead atoms. The van der Waals surface area contributed by atoms with Crippen molar-refractivity contribution in [3.8, 4) is 11.5 Å². The summed E-state index contributed by atoms with van der Waals surface area (Å²) in [6, 6.07) is 14.8. The zero-order chi connectivity index (χ0) is 17.6. The second-order valence-corrected chi connectivity index (χ2v) is 5.49. The third-order valence-corrected chi connectivity index (χ3v) is 3.60. The van der Waals surface area contributed by atoms with Crippen LogP contribution in [0.5, 0.6) is 0 Å². The lowest BCUT2D eigenvalue weighted by molar-refractivity contribution is 0.222. The highest BCUT2D eigenvalue weighted by Gasteiger charge is 2.12. The highest BCUT2D eigenvalue weighted by molar-refractivity contribution is 5.89. The van der Waals surface area contributed by atoms with E-state index in [-0.39, 0.29) is 11.8 Å². The van der Waals surface area contributed by atoms with Crippen LogP contribution < -0.4 is 5.32 Å². The minimum Gasteiger partial charge on any atom is -0.334 e. The van der Waals surface area contributed by atoms with E-state index < -0.39 is 0 Å². The van der Waals surface area contributed by atoms with Crippen molar-refractivity contribution < 1.29 is 13.7 Å². The Hall–Kier alpha value is -3.22. The van der Waals surface area contributed by atoms with Crippen molar-refractivity contribution in [2.24, 2.45) is 0 Å². The van der Waals surface area contributed by atoms with Crippen molar-refractivity contribution in [1.29, 1.82) is 0 Å². The first-order chi connectivity index (χ1) is 12.1. The molecule has 0 unspecified atom stereocenters. The number of nitrogens with zero attached hydrogens (tertiary/aromatic N) is 3. The first-order valence-electron chi connectivity index (χ1n) is 7.77. The fourth-order valence-corrected chi connectivity index (χ4v) is 2.17. The van der Waals surface area contributed by atoms with Crippen molar-refractivity contribution in [1.82, 2.24) is 15.0 Å². The number of carbonyl (C=O) groups is 1. The van der Waals surface area contributed by atoms with Crippen LogP contribution >= 0.6 is 0 Å². The molecule has 1 aromatic heterocycles. The van der Waals surface area contributed by atoms with Gasteiger partial charge in [0.2, 0.25) is 0 Å². The summed E-state index contributed by atoms with van der Waals surface area (Å²) in [5, 5.41) is 6.62. The molecule has 0 aliphatic rings. The molecule has 0 saturated carbocycles. The van der Waals surface area contributed by atoms with Gasteiger partial charge in [-0.1, -0.05) is 23.4 Å². The van der Waals surface area contributed by atoms with E-state index in [1.807, 2.05) is 30.3 Å². The minimum atomic E-state index is -0.349. The molecule has 1 N–H and O–H groups in total. The Bertz CT molecular complexity index is 834. The van der Waals surface area contributed by atoms with Crippen LogP contribution in [0.3, 0.4) is 0 Å². The molecule has 0 radical (unpaired) electrons. The zero-order valence-electron chi connectivity index (χ0n) is 13.6. The number of halogens is 1. The number of rotatable bonds is 5. The number of benzene rings is 2. The molecule has 0 aliphatic heterocycles. The first-order valence-corrected chi connectivity index (χ1v) is 7.77. The Labute approximate surface area is 144 Å². The summed E-state index contributed by atoms with van der Waals surface area (Å²) in [5.41, 5.74) is 1.38. The Morgan fingerprint density at radius 2 is 1.88 bits per heavy atom. The highest BCUT2D eigenvalue weighted by Crippen LogP contribution is 2.16. The highest BCUT2D eigenvalue weighted by atomic mass is 19.1. The first kappa shape index (κ1) is 16.6. The monoisotopic (exact) mass is 340 g/mol. The van der Waals surface area contributed by atoms with Gasteiger partial charge in [0.25, 0.3) is 5.89 Å². The van der Waals surface area contributed by atoms with E-state index in [9.17, 15) is 9.18 Å². The summed E-state index contributed by atoms with van der Waals surface area (Å²) in [7, 11) is 1.66. The van der Waals surface area contributed by atoms with Crippen LogP contribution in [0.15, 0.2) is 59.1 Å². The van der Waals surface area contributed by atoms with Crippen molar-refractivity contribution in [3.05, 3.63) is 66.2 Å². The lowest BCUT2D eigenvalue weighted by atomic mass is 10.2. The van der Waals surface area contributed by atoms with Crippen molar-refractivity contribution in [3.63, 3.8) is 0 Å². The molecule has 0 saturated heterocycles. The fourth-order valence-electron chi connectivity index (χ4n) is 2.17. The topological polar surface area (TPSA) is 71.3 Å². The summed E-state index contributed by atoms with van der Waals surface area (Å²) in [6.07, 6.45) is 0.462. The minimum absolute atomic E-state index is 0.293. The van der Waals surface area contributed by atoms with E-state index >= 15 is 0 Å². The third kappa shape index (κ3) is 4.41. The summed E-state index contributed by atoms with van der Waals surface area (Å²) in [4.78, 5) is 17.9. The maximum Gasteiger partial charge on any atom is 0.321 e. The predicted octanol–water partition coefficient (Wildman–Crippen LogP) is 3.58. The van der Waals surface area contributed by atoms with E-state index in [2.05, 4.69) is 15.5 Å². The molecule has 0 fully saturated rings. The fraction of sp³-hybridized carbons (Fsp3) is 0.167. The van der Waals surface area contributed by atoms with Crippen LogP contribution in [0.4, 0.5) is 14.9 Å². The molecule has 0 spiro atoms. The smallest absolute Gasteiger partial charge is 0.321 e. The van der Waals surface area contributed by atoms with Gasteiger partial charge in [-0.2, -0.15) is 4.98 Å². The van der Waals surface area contributed by atoms with Crippen LogP contribution in [0.2, 0.25) is 0 Å². The number of amides is 2. The second kappa shape index (κ2) is 7.57. The number of hydrogen-bond acceptors (Lipinski definition) is 4. The molecular weight excluding hydrogens is 323 g/mol. The molecule has 1 heterocycles. The van der Waals surface area contributed by atoms with Crippen LogP contribution in [0.25, 0.3) is 11.5 Å². The van der Waals surface area contributed by atoms with Crippen LogP contribution in [-0.2, 0) is 6.42 Å². The number of likely N-dealkylation sites (N-methyl/N-ethyl adjacent to an activating group) is 1. The molecule has 2 amide bonds.